The van der Waals surface area contributed by atoms with Crippen molar-refractivity contribution in [3.05, 3.63) is 0 Å². The van der Waals surface area contributed by atoms with Crippen LogP contribution in [-0.4, -0.2) is 11.9 Å². The van der Waals surface area contributed by atoms with E-state index in [1.807, 2.05) is 0 Å². The van der Waals surface area contributed by atoms with Crippen LogP contribution in [0.15, 0.2) is 0 Å². The van der Waals surface area contributed by atoms with Crippen molar-refractivity contribution in [2.75, 3.05) is 0 Å². The third-order valence-corrected chi connectivity index (χ3v) is 0.845. The second kappa shape index (κ2) is 4.79. The molecular weight excluding hydrogens is 283 g/mol. The van der Waals surface area contributed by atoms with E-state index in [1.165, 1.54) is 0 Å². The predicted molar refractivity (Wildman–Crippen MR) is 17.1 cm³/mol. The molecule has 0 aliphatic rings. The van der Waals surface area contributed by atoms with Gasteiger partial charge >= 0.3 is 51.3 Å². The molecule has 0 aromatic carbocycles. The molecule has 0 unspecified atom stereocenters. The molecular formula is C2H4NO4Ta. The Kier molecular flexibility index (Phi) is 6.34. The van der Waals surface area contributed by atoms with Gasteiger partial charge in [0, 0.05) is 0 Å². The number of carboxylic acid groups (broad SMARTS) is 1. The fraction of sp³-hybridized carbons (Fsp3) is 0. The zero-order valence-corrected chi connectivity index (χ0v) is 7.29. The van der Waals surface area contributed by atoms with Gasteiger partial charge in [0.2, 0.25) is 0 Å². The summed E-state index contributed by atoms with van der Waals surface area (Å²) >= 11 is 0.274. The maximum Gasteiger partial charge on any atom is -0.369 e. The van der Waals surface area contributed by atoms with Crippen LogP contribution in [0.25, 0.3) is 0 Å². The van der Waals surface area contributed by atoms with Crippen molar-refractivity contribution in [1.29, 1.82) is 0 Å². The van der Waals surface area contributed by atoms with E-state index in [9.17, 15) is 14.7 Å². The molecule has 5 nitrogen and oxygen atoms in total. The predicted octanol–water partition coefficient (Wildman–Crippen LogP) is -1.88. The van der Waals surface area contributed by atoms with Crippen LogP contribution in [0.1, 0.15) is 0 Å². The Labute approximate surface area is 58.0 Å². The summed E-state index contributed by atoms with van der Waals surface area (Å²) in [5.41, 5.74) is 0. The van der Waals surface area contributed by atoms with Gasteiger partial charge in [0.05, 0.1) is 0 Å². The largest absolute Gasteiger partial charge is 0.369 e. The maximum absolute atomic E-state index is 9.66. The first-order chi connectivity index (χ1) is 3.18. The Bertz CT molecular complexity index is 102. The summed E-state index contributed by atoms with van der Waals surface area (Å²) in [6.45, 7) is 0. The number of quaternary nitrogens is 1. The molecule has 0 aliphatic carbocycles. The van der Waals surface area contributed by atoms with E-state index in [1.54, 1.807) is 0 Å². The number of carboxylic acids is 1. The molecule has 0 heterocycles. The quantitative estimate of drug-likeness (QED) is 0.526. The minimum atomic E-state index is -1.79. The van der Waals surface area contributed by atoms with Gasteiger partial charge in [-0.25, -0.2) is 0 Å². The first-order valence-corrected chi connectivity index (χ1v) is 2.56. The maximum atomic E-state index is 9.66. The van der Waals surface area contributed by atoms with Crippen LogP contribution < -0.4 is 11.3 Å². The SMILES string of the molecule is O=C([O-])C(=O)[O][Ta].[NH4+]. The average molecular weight is 287 g/mol. The van der Waals surface area contributed by atoms with E-state index in [-0.39, 0.29) is 27.6 Å². The molecule has 46 valence electrons. The molecule has 0 atom stereocenters. The van der Waals surface area contributed by atoms with Crippen LogP contribution in [0.5, 0.6) is 0 Å². The van der Waals surface area contributed by atoms with Gasteiger partial charge in [-0.2, -0.15) is 0 Å². The summed E-state index contributed by atoms with van der Waals surface area (Å²) in [7, 11) is 0. The van der Waals surface area contributed by atoms with Crippen molar-refractivity contribution in [3.63, 3.8) is 0 Å². The molecule has 0 saturated heterocycles. The Morgan fingerprint density at radius 2 is 1.88 bits per heavy atom. The molecule has 0 saturated carbocycles. The summed E-state index contributed by atoms with van der Waals surface area (Å²) in [6, 6.07) is 0. The van der Waals surface area contributed by atoms with Crippen molar-refractivity contribution < 1.29 is 39.4 Å². The number of carbonyl (C=O) groups is 2. The van der Waals surface area contributed by atoms with Crippen molar-refractivity contribution in [3.8, 4) is 0 Å². The normalized spacial score (nSPS) is 6.50. The van der Waals surface area contributed by atoms with Crippen LogP contribution >= 0.6 is 0 Å². The summed E-state index contributed by atoms with van der Waals surface area (Å²) in [6.07, 6.45) is 0. The van der Waals surface area contributed by atoms with Gasteiger partial charge in [0.15, 0.2) is 0 Å². The second-order valence-corrected chi connectivity index (χ2v) is 1.32. The molecule has 0 bridgehead atoms. The van der Waals surface area contributed by atoms with Crippen LogP contribution in [0, 0.1) is 0 Å². The molecule has 0 rings (SSSR count). The van der Waals surface area contributed by atoms with Gasteiger partial charge in [-0.1, -0.05) is 0 Å². The molecule has 4 N–H and O–H groups in total. The standard InChI is InChI=1S/C2H2O4.H3N.Ta/c3-1(4)2(5)6;;/h(H,3,4)(H,5,6);1H3;/q;;+1/p-1. The van der Waals surface area contributed by atoms with Crippen LogP contribution in [-0.2, 0) is 34.3 Å². The van der Waals surface area contributed by atoms with E-state index in [0.29, 0.717) is 0 Å². The Balaban J connectivity index is 0. The Morgan fingerprint density at radius 3 is 1.88 bits per heavy atom. The van der Waals surface area contributed by atoms with Crippen molar-refractivity contribution in [2.24, 2.45) is 0 Å². The van der Waals surface area contributed by atoms with E-state index in [2.05, 4.69) is 3.24 Å². The molecule has 0 amide bonds. The zero-order valence-electron chi connectivity index (χ0n) is 4.08. The first kappa shape index (κ1) is 10.6. The summed E-state index contributed by atoms with van der Waals surface area (Å²) < 4.78 is 3.82. The Morgan fingerprint density at radius 1 is 1.50 bits per heavy atom. The van der Waals surface area contributed by atoms with Crippen molar-refractivity contribution >= 4 is 11.9 Å². The van der Waals surface area contributed by atoms with E-state index in [4.69, 9.17) is 0 Å². The van der Waals surface area contributed by atoms with Crippen LogP contribution in [0.2, 0.25) is 0 Å². The number of rotatable bonds is 0. The zero-order chi connectivity index (χ0) is 5.86. The minimum Gasteiger partial charge on any atom is -0.369 e. The van der Waals surface area contributed by atoms with E-state index >= 15 is 0 Å². The van der Waals surface area contributed by atoms with Gasteiger partial charge in [-0.15, -0.1) is 0 Å². The van der Waals surface area contributed by atoms with Gasteiger partial charge < -0.3 is 6.15 Å². The van der Waals surface area contributed by atoms with Gasteiger partial charge in [-0.3, -0.25) is 0 Å². The van der Waals surface area contributed by atoms with Crippen LogP contribution in [0.3, 0.4) is 0 Å². The fourth-order valence-corrected chi connectivity index (χ4v) is 0.305. The smallest absolute Gasteiger partial charge is 0.369 e. The average Bonchev–Trinajstić information content (AvgIpc) is 1.65. The summed E-state index contributed by atoms with van der Waals surface area (Å²) in [4.78, 5) is 19.0. The molecule has 0 aromatic heterocycles. The molecule has 0 aliphatic heterocycles. The van der Waals surface area contributed by atoms with Crippen LogP contribution in [0.4, 0.5) is 0 Å². The third-order valence-electron chi connectivity index (χ3n) is 0.250. The monoisotopic (exact) mass is 287 g/mol. The third kappa shape index (κ3) is 3.82. The van der Waals surface area contributed by atoms with E-state index < -0.39 is 11.9 Å². The number of aliphatic carboxylic acids is 1. The fourth-order valence-electron chi connectivity index (χ4n) is 0.0373. The number of hydrogen-bond donors (Lipinski definition) is 1. The molecule has 8 heavy (non-hydrogen) atoms. The molecule has 0 fully saturated rings. The first-order valence-electron chi connectivity index (χ1n) is 1.25. The van der Waals surface area contributed by atoms with Gasteiger partial charge in [-0.05, 0) is 0 Å². The topological polar surface area (TPSA) is 103 Å². The second-order valence-electron chi connectivity index (χ2n) is 0.666. The van der Waals surface area contributed by atoms with Crippen molar-refractivity contribution in [1.82, 2.24) is 6.15 Å². The van der Waals surface area contributed by atoms with Gasteiger partial charge in [0.25, 0.3) is 0 Å². The number of hydrogen-bond acceptors (Lipinski definition) is 4. The molecule has 0 spiro atoms. The van der Waals surface area contributed by atoms with Crippen molar-refractivity contribution in [2.45, 2.75) is 0 Å². The summed E-state index contributed by atoms with van der Waals surface area (Å²) in [5, 5.41) is 9.36. The minimum absolute atomic E-state index is 0. The summed E-state index contributed by atoms with van der Waals surface area (Å²) in [5.74, 6) is -3.09. The van der Waals surface area contributed by atoms with E-state index in [0.717, 1.165) is 0 Å². The Hall–Kier alpha value is -0.360. The number of carbonyl (C=O) groups excluding carboxylic acids is 2. The molecule has 0 aromatic rings. The molecule has 0 radical (unpaired) electrons. The molecule has 6 heteroatoms. The van der Waals surface area contributed by atoms with Gasteiger partial charge in [0.1, 0.15) is 0 Å².